The van der Waals surface area contributed by atoms with Crippen LogP contribution < -0.4 is 27.3 Å². The predicted octanol–water partition coefficient (Wildman–Crippen LogP) is 1.04. The third kappa shape index (κ3) is 3.74. The van der Waals surface area contributed by atoms with Crippen molar-refractivity contribution in [2.45, 2.75) is 0 Å². The summed E-state index contributed by atoms with van der Waals surface area (Å²) in [6.07, 6.45) is 0. The van der Waals surface area contributed by atoms with Crippen LogP contribution in [-0.2, 0) is 0 Å². The lowest BCUT2D eigenvalue weighted by Crippen LogP contribution is -2.55. The Hall–Kier alpha value is -4.76. The Kier molecular flexibility index (Phi) is 5.81. The highest BCUT2D eigenvalue weighted by atomic mass is 15.0. The normalized spacial score (nSPS) is 11.7. The summed E-state index contributed by atoms with van der Waals surface area (Å²) in [6.45, 7) is 0. The summed E-state index contributed by atoms with van der Waals surface area (Å²) in [5, 5.41) is 5.04. The maximum absolute atomic E-state index is 3.79. The topological polar surface area (TPSA) is 20.7 Å². The molecule has 0 radical (unpaired) electrons. The fourth-order valence-electron chi connectivity index (χ4n) is 7.29. The van der Waals surface area contributed by atoms with Crippen LogP contribution in [-0.4, -0.2) is 48.8 Å². The van der Waals surface area contributed by atoms with E-state index in [4.69, 9.17) is 0 Å². The van der Waals surface area contributed by atoms with E-state index in [1.807, 2.05) is 0 Å². The number of benzene rings is 6. The van der Waals surface area contributed by atoms with Gasteiger partial charge in [0.1, 0.15) is 39.2 Å². The van der Waals surface area contributed by atoms with Crippen LogP contribution in [0.5, 0.6) is 0 Å². The van der Waals surface area contributed by atoms with E-state index in [0.29, 0.717) is 0 Å². The SMILES string of the molecule is Bc1c(B)c(B)c(-c2ccc(-n3c4ccccc4c4ccc5c6ccccc6[nH]c5c43)cc2-c2ccccc2)c(B)c1B. The minimum absolute atomic E-state index is 1.16. The molecule has 2 aromatic heterocycles. The van der Waals surface area contributed by atoms with Gasteiger partial charge in [-0.2, -0.15) is 0 Å². The predicted molar refractivity (Wildman–Crippen MR) is 202 cm³/mol. The van der Waals surface area contributed by atoms with E-state index < -0.39 is 0 Å². The molecule has 0 saturated heterocycles. The molecule has 0 amide bonds. The number of hydrogen-bond donors (Lipinski definition) is 1. The average molecular weight is 544 g/mol. The Morgan fingerprint density at radius 3 is 1.88 bits per heavy atom. The lowest BCUT2D eigenvalue weighted by Gasteiger charge is -2.23. The molecule has 8 aromatic rings. The number of H-pyrrole nitrogens is 1. The van der Waals surface area contributed by atoms with Gasteiger partial charge in [0, 0.05) is 32.7 Å². The van der Waals surface area contributed by atoms with E-state index in [1.54, 1.807) is 0 Å². The van der Waals surface area contributed by atoms with Crippen LogP contribution in [0.15, 0.2) is 109 Å². The van der Waals surface area contributed by atoms with E-state index >= 15 is 0 Å². The van der Waals surface area contributed by atoms with Gasteiger partial charge in [-0.3, -0.25) is 0 Å². The Labute approximate surface area is 256 Å². The van der Waals surface area contributed by atoms with Gasteiger partial charge in [0.2, 0.25) is 0 Å². The number of fused-ring (bicyclic) bond motifs is 7. The van der Waals surface area contributed by atoms with Crippen molar-refractivity contribution in [1.29, 1.82) is 0 Å². The summed E-state index contributed by atoms with van der Waals surface area (Å²) in [5.74, 6) is 0. The van der Waals surface area contributed by atoms with Crippen molar-refractivity contribution in [2.24, 2.45) is 0 Å². The summed E-state index contributed by atoms with van der Waals surface area (Å²) in [5.41, 5.74) is 17.9. The van der Waals surface area contributed by atoms with Crippen molar-refractivity contribution in [3.63, 3.8) is 0 Å². The molecule has 0 unspecified atom stereocenters. The molecule has 0 aliphatic heterocycles. The number of hydrogen-bond acceptors (Lipinski definition) is 0. The van der Waals surface area contributed by atoms with E-state index in [0.717, 1.165) is 11.2 Å². The summed E-state index contributed by atoms with van der Waals surface area (Å²) >= 11 is 0. The van der Waals surface area contributed by atoms with Crippen molar-refractivity contribution in [1.82, 2.24) is 9.55 Å². The second kappa shape index (κ2) is 9.64. The molecule has 0 aliphatic carbocycles. The minimum atomic E-state index is 1.16. The number of nitrogens with zero attached hydrogens (tertiary/aromatic N) is 1. The summed E-state index contributed by atoms with van der Waals surface area (Å²) in [4.78, 5) is 3.79. The molecule has 0 fully saturated rings. The lowest BCUT2D eigenvalue weighted by atomic mass is 9.59. The molecule has 0 atom stereocenters. The molecule has 2 nitrogen and oxygen atoms in total. The Bertz CT molecular complexity index is 2370. The molecule has 198 valence electrons. The van der Waals surface area contributed by atoms with Crippen molar-refractivity contribution < 1.29 is 0 Å². The minimum Gasteiger partial charge on any atom is -0.353 e. The van der Waals surface area contributed by atoms with Gasteiger partial charge >= 0.3 is 0 Å². The fraction of sp³-hybridized carbons (Fsp3) is 0. The molecule has 43 heavy (non-hydrogen) atoms. The summed E-state index contributed by atoms with van der Waals surface area (Å²) < 4.78 is 2.46. The highest BCUT2D eigenvalue weighted by Gasteiger charge is 2.20. The quantitative estimate of drug-likeness (QED) is 0.322. The van der Waals surface area contributed by atoms with Crippen LogP contribution in [0.1, 0.15) is 0 Å². The molecule has 0 bridgehead atoms. The van der Waals surface area contributed by atoms with Crippen molar-refractivity contribution in [3.8, 4) is 27.9 Å². The first-order valence-corrected chi connectivity index (χ1v) is 15.1. The zero-order valence-electron chi connectivity index (χ0n) is 25.3. The van der Waals surface area contributed by atoms with Crippen molar-refractivity contribution in [2.75, 3.05) is 0 Å². The number of aromatic amines is 1. The second-order valence-corrected chi connectivity index (χ2v) is 12.0. The lowest BCUT2D eigenvalue weighted by molar-refractivity contribution is 1.18. The third-order valence-corrected chi connectivity index (χ3v) is 9.93. The number of rotatable bonds is 3. The summed E-state index contributed by atoms with van der Waals surface area (Å²) in [6, 6.07) is 39.9. The zero-order valence-corrected chi connectivity index (χ0v) is 25.3. The monoisotopic (exact) mass is 544 g/mol. The van der Waals surface area contributed by atoms with Crippen LogP contribution in [0.3, 0.4) is 0 Å². The van der Waals surface area contributed by atoms with E-state index in [9.17, 15) is 0 Å². The van der Waals surface area contributed by atoms with E-state index in [-0.39, 0.29) is 0 Å². The molecule has 8 rings (SSSR count). The highest BCUT2D eigenvalue weighted by molar-refractivity contribution is 6.68. The first-order chi connectivity index (χ1) is 20.9. The van der Waals surface area contributed by atoms with Gasteiger partial charge in [-0.15, -0.1) is 16.4 Å². The van der Waals surface area contributed by atoms with Gasteiger partial charge in [0.05, 0.1) is 16.6 Å². The van der Waals surface area contributed by atoms with Crippen molar-refractivity contribution in [3.05, 3.63) is 109 Å². The molecule has 2 heterocycles. The molecule has 0 spiro atoms. The van der Waals surface area contributed by atoms with Crippen LogP contribution in [0, 0.1) is 0 Å². The Morgan fingerprint density at radius 1 is 0.488 bits per heavy atom. The van der Waals surface area contributed by atoms with E-state index in [1.165, 1.54) is 87.7 Å². The smallest absolute Gasteiger partial charge is 0.139 e. The molecule has 0 aliphatic rings. The number of aromatic nitrogens is 2. The van der Waals surface area contributed by atoms with Gasteiger partial charge in [-0.25, -0.2) is 0 Å². The Morgan fingerprint density at radius 2 is 1.12 bits per heavy atom. The largest absolute Gasteiger partial charge is 0.353 e. The molecule has 0 saturated carbocycles. The van der Waals surface area contributed by atoms with Crippen LogP contribution in [0.4, 0.5) is 0 Å². The summed E-state index contributed by atoms with van der Waals surface area (Å²) in [7, 11) is 11.4. The van der Waals surface area contributed by atoms with Crippen LogP contribution >= 0.6 is 0 Å². The van der Waals surface area contributed by atoms with Gasteiger partial charge in [-0.1, -0.05) is 95.9 Å². The van der Waals surface area contributed by atoms with Crippen LogP contribution in [0.25, 0.3) is 71.6 Å². The number of nitrogens with one attached hydrogen (secondary N) is 1. The molecular weight excluding hydrogens is 514 g/mol. The molecule has 7 heteroatoms. The van der Waals surface area contributed by atoms with Gasteiger partial charge < -0.3 is 9.55 Å². The Balaban J connectivity index is 1.49. The first-order valence-electron chi connectivity index (χ1n) is 15.1. The number of para-hydroxylation sites is 2. The maximum Gasteiger partial charge on any atom is 0.139 e. The highest BCUT2D eigenvalue weighted by Crippen LogP contribution is 2.40. The van der Waals surface area contributed by atoms with Crippen molar-refractivity contribution >= 4 is 110 Å². The first kappa shape index (κ1) is 25.9. The second-order valence-electron chi connectivity index (χ2n) is 12.0. The molecule has 1 N–H and O–H groups in total. The van der Waals surface area contributed by atoms with E-state index in [2.05, 4.69) is 158 Å². The van der Waals surface area contributed by atoms with Gasteiger partial charge in [-0.05, 0) is 46.5 Å². The third-order valence-electron chi connectivity index (χ3n) is 9.93. The maximum atomic E-state index is 3.79. The fourth-order valence-corrected chi connectivity index (χ4v) is 7.29. The zero-order chi connectivity index (χ0) is 29.4. The molecular formula is C36H29B5N2. The van der Waals surface area contributed by atoms with Gasteiger partial charge in [0.15, 0.2) is 0 Å². The average Bonchev–Trinajstić information content (AvgIpc) is 3.59. The standard InChI is InChI=1S/C36H29B5N2/c37-30-29(31(38)33(40)34(41)32(30)39)23-15-14-20(18-26(23)19-8-2-1-3-9-19)43-28-13-7-5-11-22(28)25-17-16-24-21-10-4-6-12-27(21)42-35(24)36(25)43/h1-18,42H,37-41H2. The molecule has 6 aromatic carbocycles. The van der Waals surface area contributed by atoms with Gasteiger partial charge in [0.25, 0.3) is 0 Å². The van der Waals surface area contributed by atoms with Crippen LogP contribution in [0.2, 0.25) is 0 Å².